The fourth-order valence-electron chi connectivity index (χ4n) is 1.23. The van der Waals surface area contributed by atoms with Gasteiger partial charge in [-0.3, -0.25) is 0 Å². The first-order chi connectivity index (χ1) is 8.58. The molecule has 0 saturated carbocycles. The number of nitrogens with zero attached hydrogens (tertiary/aromatic N) is 3. The number of ether oxygens (including phenoxy) is 1. The molecule has 0 atom stereocenters. The van der Waals surface area contributed by atoms with Crippen molar-refractivity contribution in [2.75, 3.05) is 18.2 Å². The summed E-state index contributed by atoms with van der Waals surface area (Å²) in [5.41, 5.74) is 5.59. The summed E-state index contributed by atoms with van der Waals surface area (Å²) in [5.74, 6) is -0.454. The third-order valence-electron chi connectivity index (χ3n) is 1.99. The van der Waals surface area contributed by atoms with Gasteiger partial charge in [-0.2, -0.15) is 15.0 Å². The van der Waals surface area contributed by atoms with Crippen molar-refractivity contribution in [2.45, 2.75) is 0 Å². The van der Waals surface area contributed by atoms with Gasteiger partial charge in [-0.25, -0.2) is 4.39 Å². The van der Waals surface area contributed by atoms with Gasteiger partial charge in [-0.15, -0.1) is 0 Å². The molecule has 2 rings (SSSR count). The van der Waals surface area contributed by atoms with E-state index in [0.29, 0.717) is 5.02 Å². The molecular weight excluding hydrogens is 261 g/mol. The third-order valence-corrected chi connectivity index (χ3v) is 2.22. The van der Waals surface area contributed by atoms with E-state index in [4.69, 9.17) is 22.1 Å². The number of aromatic nitrogens is 3. The molecule has 1 aromatic carbocycles. The number of hydrogen-bond acceptors (Lipinski definition) is 6. The molecule has 0 aliphatic rings. The van der Waals surface area contributed by atoms with Crippen LogP contribution in [0.2, 0.25) is 5.02 Å². The molecule has 0 spiro atoms. The molecule has 1 aromatic heterocycles. The number of hydrogen-bond donors (Lipinski definition) is 2. The van der Waals surface area contributed by atoms with Crippen molar-refractivity contribution in [2.24, 2.45) is 0 Å². The molecule has 0 aliphatic heterocycles. The molecule has 0 amide bonds. The Kier molecular flexibility index (Phi) is 3.42. The van der Waals surface area contributed by atoms with E-state index in [2.05, 4.69) is 20.3 Å². The van der Waals surface area contributed by atoms with Crippen LogP contribution in [-0.4, -0.2) is 22.1 Å². The Bertz CT molecular complexity index is 580. The monoisotopic (exact) mass is 269 g/mol. The Morgan fingerprint density at radius 2 is 2.11 bits per heavy atom. The SMILES string of the molecule is COc1nc(N)nc(Nc2cc(Cl)ccc2F)n1. The number of anilines is 3. The van der Waals surface area contributed by atoms with Crippen LogP contribution in [0.25, 0.3) is 0 Å². The van der Waals surface area contributed by atoms with Crippen LogP contribution < -0.4 is 15.8 Å². The normalized spacial score (nSPS) is 10.2. The van der Waals surface area contributed by atoms with E-state index < -0.39 is 5.82 Å². The van der Waals surface area contributed by atoms with Crippen LogP contribution in [0.5, 0.6) is 6.01 Å². The predicted molar refractivity (Wildman–Crippen MR) is 65.5 cm³/mol. The van der Waals surface area contributed by atoms with Gasteiger partial charge in [-0.05, 0) is 18.2 Å². The number of halogens is 2. The summed E-state index contributed by atoms with van der Waals surface area (Å²) in [5, 5.41) is 3.03. The Balaban J connectivity index is 2.33. The average Bonchev–Trinajstić information content (AvgIpc) is 2.33. The molecule has 0 fully saturated rings. The van der Waals surface area contributed by atoms with Crippen LogP contribution in [0, 0.1) is 5.82 Å². The van der Waals surface area contributed by atoms with Crippen molar-refractivity contribution < 1.29 is 9.13 Å². The largest absolute Gasteiger partial charge is 0.467 e. The third kappa shape index (κ3) is 2.75. The number of benzene rings is 1. The summed E-state index contributed by atoms with van der Waals surface area (Å²) >= 11 is 5.76. The van der Waals surface area contributed by atoms with Gasteiger partial charge in [0.05, 0.1) is 12.8 Å². The minimum Gasteiger partial charge on any atom is -0.467 e. The highest BCUT2D eigenvalue weighted by atomic mass is 35.5. The molecule has 2 aromatic rings. The van der Waals surface area contributed by atoms with Crippen molar-refractivity contribution in [1.29, 1.82) is 0 Å². The van der Waals surface area contributed by atoms with Gasteiger partial charge >= 0.3 is 6.01 Å². The summed E-state index contributed by atoms with van der Waals surface area (Å²) < 4.78 is 18.3. The number of methoxy groups -OCH3 is 1. The van der Waals surface area contributed by atoms with Crippen molar-refractivity contribution in [3.8, 4) is 6.01 Å². The maximum atomic E-state index is 13.5. The highest BCUT2D eigenvalue weighted by molar-refractivity contribution is 6.30. The average molecular weight is 270 g/mol. The molecule has 0 saturated heterocycles. The molecular formula is C10H9ClFN5O. The van der Waals surface area contributed by atoms with Crippen LogP contribution in [0.15, 0.2) is 18.2 Å². The quantitative estimate of drug-likeness (QED) is 0.886. The van der Waals surface area contributed by atoms with Gasteiger partial charge in [-0.1, -0.05) is 11.6 Å². The zero-order valence-electron chi connectivity index (χ0n) is 9.32. The number of nitrogen functional groups attached to an aromatic ring is 1. The van der Waals surface area contributed by atoms with Crippen LogP contribution in [0.3, 0.4) is 0 Å². The van der Waals surface area contributed by atoms with Gasteiger partial charge in [0.25, 0.3) is 0 Å². The Morgan fingerprint density at radius 1 is 1.33 bits per heavy atom. The lowest BCUT2D eigenvalue weighted by molar-refractivity contribution is 0.380. The zero-order valence-corrected chi connectivity index (χ0v) is 10.1. The molecule has 18 heavy (non-hydrogen) atoms. The van der Waals surface area contributed by atoms with Gasteiger partial charge in [0, 0.05) is 5.02 Å². The lowest BCUT2D eigenvalue weighted by atomic mass is 10.3. The van der Waals surface area contributed by atoms with Crippen molar-refractivity contribution in [3.63, 3.8) is 0 Å². The Morgan fingerprint density at radius 3 is 2.83 bits per heavy atom. The van der Waals surface area contributed by atoms with E-state index in [1.165, 1.54) is 25.3 Å². The van der Waals surface area contributed by atoms with Gasteiger partial charge < -0.3 is 15.8 Å². The van der Waals surface area contributed by atoms with Crippen molar-refractivity contribution >= 4 is 29.2 Å². The summed E-state index contributed by atoms with van der Waals surface area (Å²) in [6.07, 6.45) is 0. The van der Waals surface area contributed by atoms with E-state index in [1.54, 1.807) is 0 Å². The van der Waals surface area contributed by atoms with E-state index in [1.807, 2.05) is 0 Å². The molecule has 0 unspecified atom stereocenters. The molecule has 1 heterocycles. The molecule has 0 bridgehead atoms. The lowest BCUT2D eigenvalue weighted by Crippen LogP contribution is -2.05. The van der Waals surface area contributed by atoms with E-state index >= 15 is 0 Å². The minimum atomic E-state index is -0.489. The van der Waals surface area contributed by atoms with Crippen molar-refractivity contribution in [3.05, 3.63) is 29.0 Å². The molecule has 6 nitrogen and oxygen atoms in total. The van der Waals surface area contributed by atoms with Crippen LogP contribution in [-0.2, 0) is 0 Å². The second-order valence-corrected chi connectivity index (χ2v) is 3.69. The second-order valence-electron chi connectivity index (χ2n) is 3.25. The Hall–Kier alpha value is -2.15. The lowest BCUT2D eigenvalue weighted by Gasteiger charge is -2.07. The predicted octanol–water partition coefficient (Wildman–Crippen LogP) is 2.00. The molecule has 0 radical (unpaired) electrons. The van der Waals surface area contributed by atoms with Gasteiger partial charge in [0.1, 0.15) is 5.82 Å². The summed E-state index contributed by atoms with van der Waals surface area (Å²) in [6.45, 7) is 0. The van der Waals surface area contributed by atoms with Crippen LogP contribution >= 0.6 is 11.6 Å². The first-order valence-corrected chi connectivity index (χ1v) is 5.24. The van der Waals surface area contributed by atoms with E-state index in [0.717, 1.165) is 0 Å². The first kappa shape index (κ1) is 12.3. The number of nitrogens with one attached hydrogen (secondary N) is 1. The fourth-order valence-corrected chi connectivity index (χ4v) is 1.41. The first-order valence-electron chi connectivity index (χ1n) is 4.86. The van der Waals surface area contributed by atoms with Gasteiger partial charge in [0.2, 0.25) is 11.9 Å². The van der Waals surface area contributed by atoms with Crippen LogP contribution in [0.1, 0.15) is 0 Å². The molecule has 94 valence electrons. The molecule has 0 aliphatic carbocycles. The number of rotatable bonds is 3. The summed E-state index contributed by atoms with van der Waals surface area (Å²) in [4.78, 5) is 11.4. The van der Waals surface area contributed by atoms with E-state index in [9.17, 15) is 4.39 Å². The topological polar surface area (TPSA) is 86.0 Å². The fraction of sp³-hybridized carbons (Fsp3) is 0.100. The minimum absolute atomic E-state index is 0.0347. The standard InChI is InChI=1S/C10H9ClFN5O/c1-18-10-16-8(13)15-9(17-10)14-7-4-5(11)2-3-6(7)12/h2-4H,1H3,(H3,13,14,15,16,17). The number of nitrogens with two attached hydrogens (primary N) is 1. The highest BCUT2D eigenvalue weighted by Gasteiger charge is 2.08. The van der Waals surface area contributed by atoms with Crippen molar-refractivity contribution in [1.82, 2.24) is 15.0 Å². The summed E-state index contributed by atoms with van der Waals surface area (Å²) in [7, 11) is 1.39. The van der Waals surface area contributed by atoms with Crippen LogP contribution in [0.4, 0.5) is 22.0 Å². The molecule has 8 heteroatoms. The highest BCUT2D eigenvalue weighted by Crippen LogP contribution is 2.22. The van der Waals surface area contributed by atoms with Gasteiger partial charge in [0.15, 0.2) is 0 Å². The second kappa shape index (κ2) is 5.01. The maximum Gasteiger partial charge on any atom is 0.322 e. The summed E-state index contributed by atoms with van der Waals surface area (Å²) in [6, 6.07) is 4.10. The Labute approximate surface area is 107 Å². The zero-order chi connectivity index (χ0) is 13.1. The van der Waals surface area contributed by atoms with E-state index in [-0.39, 0.29) is 23.6 Å². The smallest absolute Gasteiger partial charge is 0.322 e. The molecule has 3 N–H and O–H groups in total. The maximum absolute atomic E-state index is 13.5.